The van der Waals surface area contributed by atoms with E-state index in [0.29, 0.717) is 11.7 Å². The van der Waals surface area contributed by atoms with Crippen LogP contribution in [0.15, 0.2) is 60.7 Å². The van der Waals surface area contributed by atoms with Gasteiger partial charge in [0.1, 0.15) is 5.75 Å². The molecule has 1 nitrogen and oxygen atoms in total. The second-order valence-electron chi connectivity index (χ2n) is 5.49. The number of benzene rings is 3. The number of fused-ring (bicyclic) bond motifs is 1. The fraction of sp³-hybridized carbons (Fsp3) is 0.158. The second kappa shape index (κ2) is 5.01. The average Bonchev–Trinajstić information content (AvgIpc) is 2.46. The summed E-state index contributed by atoms with van der Waals surface area (Å²) in [7, 11) is 0. The SMILES string of the molecule is CC(C)c1ccc(-c2cc(O)cc3ccccc23)cc1. The van der Waals surface area contributed by atoms with Crippen molar-refractivity contribution in [1.29, 1.82) is 0 Å². The predicted molar refractivity (Wildman–Crippen MR) is 85.1 cm³/mol. The van der Waals surface area contributed by atoms with Crippen molar-refractivity contribution in [2.24, 2.45) is 0 Å². The molecule has 0 unspecified atom stereocenters. The van der Waals surface area contributed by atoms with Crippen LogP contribution in [0.5, 0.6) is 5.75 Å². The number of rotatable bonds is 2. The van der Waals surface area contributed by atoms with Crippen LogP contribution >= 0.6 is 0 Å². The van der Waals surface area contributed by atoms with Crippen LogP contribution < -0.4 is 0 Å². The van der Waals surface area contributed by atoms with Crippen LogP contribution in [0, 0.1) is 0 Å². The number of phenolic OH excluding ortho intramolecular Hbond substituents is 1. The van der Waals surface area contributed by atoms with Gasteiger partial charge < -0.3 is 5.11 Å². The van der Waals surface area contributed by atoms with E-state index in [9.17, 15) is 5.11 Å². The Kier molecular flexibility index (Phi) is 3.19. The van der Waals surface area contributed by atoms with Crippen LogP contribution in [-0.4, -0.2) is 5.11 Å². The fourth-order valence-electron chi connectivity index (χ4n) is 2.58. The van der Waals surface area contributed by atoms with Gasteiger partial charge >= 0.3 is 0 Å². The maximum absolute atomic E-state index is 9.92. The van der Waals surface area contributed by atoms with E-state index in [1.807, 2.05) is 24.3 Å². The first-order valence-electron chi connectivity index (χ1n) is 6.97. The lowest BCUT2D eigenvalue weighted by molar-refractivity contribution is 0.476. The number of hydrogen-bond donors (Lipinski definition) is 1. The summed E-state index contributed by atoms with van der Waals surface area (Å²) < 4.78 is 0. The predicted octanol–water partition coefficient (Wildman–Crippen LogP) is 5.34. The molecular weight excluding hydrogens is 244 g/mol. The molecule has 1 heteroatoms. The molecule has 0 aliphatic heterocycles. The first kappa shape index (κ1) is 12.7. The minimum Gasteiger partial charge on any atom is -0.508 e. The van der Waals surface area contributed by atoms with Crippen molar-refractivity contribution in [3.63, 3.8) is 0 Å². The molecule has 0 aliphatic carbocycles. The van der Waals surface area contributed by atoms with E-state index in [1.165, 1.54) is 10.9 Å². The number of hydrogen-bond acceptors (Lipinski definition) is 1. The molecule has 0 radical (unpaired) electrons. The van der Waals surface area contributed by atoms with Gasteiger partial charge in [0.2, 0.25) is 0 Å². The van der Waals surface area contributed by atoms with Gasteiger partial charge in [0, 0.05) is 0 Å². The molecule has 20 heavy (non-hydrogen) atoms. The summed E-state index contributed by atoms with van der Waals surface area (Å²) in [6.45, 7) is 4.39. The summed E-state index contributed by atoms with van der Waals surface area (Å²) in [4.78, 5) is 0. The van der Waals surface area contributed by atoms with Crippen LogP contribution in [0.1, 0.15) is 25.3 Å². The lowest BCUT2D eigenvalue weighted by atomic mass is 9.95. The van der Waals surface area contributed by atoms with Crippen LogP contribution in [0.25, 0.3) is 21.9 Å². The molecule has 100 valence electrons. The van der Waals surface area contributed by atoms with Crippen molar-refractivity contribution in [3.8, 4) is 16.9 Å². The first-order valence-corrected chi connectivity index (χ1v) is 6.97. The van der Waals surface area contributed by atoms with E-state index in [1.54, 1.807) is 6.07 Å². The zero-order chi connectivity index (χ0) is 14.1. The van der Waals surface area contributed by atoms with Gasteiger partial charge in [-0.15, -0.1) is 0 Å². The summed E-state index contributed by atoms with van der Waals surface area (Å²) >= 11 is 0. The highest BCUT2D eigenvalue weighted by molar-refractivity contribution is 5.97. The molecule has 1 N–H and O–H groups in total. The van der Waals surface area contributed by atoms with Crippen LogP contribution in [-0.2, 0) is 0 Å². The minimum absolute atomic E-state index is 0.312. The molecule has 0 atom stereocenters. The third-order valence-corrected chi connectivity index (χ3v) is 3.73. The Hall–Kier alpha value is -2.28. The maximum Gasteiger partial charge on any atom is 0.116 e. The zero-order valence-electron chi connectivity index (χ0n) is 11.8. The smallest absolute Gasteiger partial charge is 0.116 e. The van der Waals surface area contributed by atoms with Crippen molar-refractivity contribution in [1.82, 2.24) is 0 Å². The number of aromatic hydroxyl groups is 1. The largest absolute Gasteiger partial charge is 0.508 e. The summed E-state index contributed by atoms with van der Waals surface area (Å²) in [5.74, 6) is 0.844. The molecule has 0 bridgehead atoms. The van der Waals surface area contributed by atoms with E-state index >= 15 is 0 Å². The molecule has 3 rings (SSSR count). The zero-order valence-corrected chi connectivity index (χ0v) is 11.8. The Balaban J connectivity index is 2.18. The second-order valence-corrected chi connectivity index (χ2v) is 5.49. The number of phenols is 1. The standard InChI is InChI=1S/C19H18O/c1-13(2)14-7-9-15(10-8-14)19-12-17(20)11-16-5-3-4-6-18(16)19/h3-13,20H,1-2H3. The first-order chi connectivity index (χ1) is 9.65. The Morgan fingerprint density at radius 1 is 0.850 bits per heavy atom. The summed E-state index contributed by atoms with van der Waals surface area (Å²) in [6.07, 6.45) is 0. The van der Waals surface area contributed by atoms with Gasteiger partial charge in [-0.2, -0.15) is 0 Å². The topological polar surface area (TPSA) is 20.2 Å². The fourth-order valence-corrected chi connectivity index (χ4v) is 2.58. The highest BCUT2D eigenvalue weighted by Gasteiger charge is 2.06. The van der Waals surface area contributed by atoms with Gasteiger partial charge in [-0.05, 0) is 45.5 Å². The van der Waals surface area contributed by atoms with Gasteiger partial charge in [0.15, 0.2) is 0 Å². The average molecular weight is 262 g/mol. The molecule has 0 aliphatic rings. The molecule has 3 aromatic carbocycles. The monoisotopic (exact) mass is 262 g/mol. The van der Waals surface area contributed by atoms with E-state index in [2.05, 4.69) is 44.2 Å². The maximum atomic E-state index is 9.92. The van der Waals surface area contributed by atoms with E-state index in [4.69, 9.17) is 0 Å². The molecule has 0 amide bonds. The Labute approximate surface area is 119 Å². The highest BCUT2D eigenvalue weighted by Crippen LogP contribution is 2.33. The van der Waals surface area contributed by atoms with Gasteiger partial charge in [0.05, 0.1) is 0 Å². The molecule has 0 fully saturated rings. The molecule has 0 spiro atoms. The third-order valence-electron chi connectivity index (χ3n) is 3.73. The van der Waals surface area contributed by atoms with E-state index in [-0.39, 0.29) is 0 Å². The summed E-state index contributed by atoms with van der Waals surface area (Å²) in [5.41, 5.74) is 3.55. The van der Waals surface area contributed by atoms with Crippen LogP contribution in [0.3, 0.4) is 0 Å². The van der Waals surface area contributed by atoms with Crippen molar-refractivity contribution in [2.45, 2.75) is 19.8 Å². The highest BCUT2D eigenvalue weighted by atomic mass is 16.3. The Morgan fingerprint density at radius 2 is 1.55 bits per heavy atom. The Morgan fingerprint density at radius 3 is 2.25 bits per heavy atom. The van der Waals surface area contributed by atoms with Crippen LogP contribution in [0.2, 0.25) is 0 Å². The lowest BCUT2D eigenvalue weighted by Crippen LogP contribution is -1.87. The quantitative estimate of drug-likeness (QED) is 0.661. The molecule has 0 saturated carbocycles. The minimum atomic E-state index is 0.312. The molecule has 3 aromatic rings. The summed E-state index contributed by atoms with van der Waals surface area (Å²) in [6, 6.07) is 20.4. The summed E-state index contributed by atoms with van der Waals surface area (Å²) in [5, 5.41) is 12.1. The normalized spacial score (nSPS) is 11.2. The van der Waals surface area contributed by atoms with Gasteiger partial charge in [-0.3, -0.25) is 0 Å². The molecule has 0 saturated heterocycles. The third kappa shape index (κ3) is 2.27. The van der Waals surface area contributed by atoms with Gasteiger partial charge in [-0.25, -0.2) is 0 Å². The van der Waals surface area contributed by atoms with Gasteiger partial charge in [0.25, 0.3) is 0 Å². The van der Waals surface area contributed by atoms with E-state index < -0.39 is 0 Å². The van der Waals surface area contributed by atoms with Crippen LogP contribution in [0.4, 0.5) is 0 Å². The van der Waals surface area contributed by atoms with Crippen molar-refractivity contribution < 1.29 is 5.11 Å². The molecular formula is C19H18O. The van der Waals surface area contributed by atoms with Gasteiger partial charge in [-0.1, -0.05) is 62.4 Å². The van der Waals surface area contributed by atoms with Crippen molar-refractivity contribution >= 4 is 10.8 Å². The lowest BCUT2D eigenvalue weighted by Gasteiger charge is -2.10. The van der Waals surface area contributed by atoms with E-state index in [0.717, 1.165) is 16.5 Å². The molecule has 0 heterocycles. The Bertz CT molecular complexity index is 739. The molecule has 0 aromatic heterocycles. The van der Waals surface area contributed by atoms with Crippen molar-refractivity contribution in [3.05, 3.63) is 66.2 Å². The van der Waals surface area contributed by atoms with Crippen molar-refractivity contribution in [2.75, 3.05) is 0 Å².